The number of rotatable bonds is 10. The van der Waals surface area contributed by atoms with Gasteiger partial charge >= 0.3 is 5.97 Å². The Morgan fingerprint density at radius 2 is 1.75 bits per heavy atom. The summed E-state index contributed by atoms with van der Waals surface area (Å²) in [5.41, 5.74) is 0.387. The molecule has 0 fully saturated rings. The van der Waals surface area contributed by atoms with Gasteiger partial charge in [0.1, 0.15) is 11.4 Å². The standard InChI is InChI=1S/C21H21N3O8/c1-13(25)14-4-3-5-15(10-14)22-19(26)8-9-21(28)32-12-20(27)23-17-11-16(31-2)6-7-18(17)24(29)30/h3-7,10-11H,8-9,12H2,1-2H3,(H,22,26)(H,23,27). The molecule has 2 aromatic rings. The molecule has 2 N–H and O–H groups in total. The first-order chi connectivity index (χ1) is 15.2. The molecule has 0 bridgehead atoms. The van der Waals surface area contributed by atoms with Gasteiger partial charge in [0.15, 0.2) is 12.4 Å². The van der Waals surface area contributed by atoms with Gasteiger partial charge in [0.25, 0.3) is 11.6 Å². The van der Waals surface area contributed by atoms with Gasteiger partial charge in [0, 0.05) is 29.8 Å². The van der Waals surface area contributed by atoms with E-state index in [0.29, 0.717) is 17.0 Å². The average Bonchev–Trinajstić information content (AvgIpc) is 2.76. The van der Waals surface area contributed by atoms with Gasteiger partial charge in [0.2, 0.25) is 5.91 Å². The number of Topliss-reactive ketones (excluding diaryl/α,β-unsaturated/α-hetero) is 1. The van der Waals surface area contributed by atoms with Gasteiger partial charge in [-0.25, -0.2) is 0 Å². The number of nitro benzene ring substituents is 1. The first-order valence-electron chi connectivity index (χ1n) is 9.38. The Kier molecular flexibility index (Phi) is 8.40. The van der Waals surface area contributed by atoms with Crippen LogP contribution in [0, 0.1) is 10.1 Å². The summed E-state index contributed by atoms with van der Waals surface area (Å²) >= 11 is 0. The zero-order valence-corrected chi connectivity index (χ0v) is 17.4. The number of esters is 1. The van der Waals surface area contributed by atoms with Gasteiger partial charge in [-0.3, -0.25) is 29.3 Å². The molecule has 0 unspecified atom stereocenters. The quantitative estimate of drug-likeness (QED) is 0.246. The summed E-state index contributed by atoms with van der Waals surface area (Å²) in [6, 6.07) is 10.2. The van der Waals surface area contributed by atoms with Crippen molar-refractivity contribution in [1.29, 1.82) is 0 Å². The van der Waals surface area contributed by atoms with E-state index in [2.05, 4.69) is 10.6 Å². The monoisotopic (exact) mass is 443 g/mol. The van der Waals surface area contributed by atoms with Crippen molar-refractivity contribution in [3.05, 3.63) is 58.1 Å². The third-order valence-electron chi connectivity index (χ3n) is 4.15. The van der Waals surface area contributed by atoms with E-state index in [1.807, 2.05) is 0 Å². The molecule has 0 heterocycles. The zero-order valence-electron chi connectivity index (χ0n) is 17.4. The number of ether oxygens (including phenoxy) is 2. The topological polar surface area (TPSA) is 154 Å². The second-order valence-corrected chi connectivity index (χ2v) is 6.53. The van der Waals surface area contributed by atoms with Crippen molar-refractivity contribution in [2.45, 2.75) is 19.8 Å². The first kappa shape index (κ1) is 24.0. The summed E-state index contributed by atoms with van der Waals surface area (Å²) in [5, 5.41) is 15.9. The summed E-state index contributed by atoms with van der Waals surface area (Å²) in [7, 11) is 1.37. The molecule has 2 rings (SSSR count). The molecule has 0 aliphatic heterocycles. The lowest BCUT2D eigenvalue weighted by atomic mass is 10.1. The molecule has 0 aromatic heterocycles. The van der Waals surface area contributed by atoms with Crippen LogP contribution in [0.5, 0.6) is 5.75 Å². The zero-order chi connectivity index (χ0) is 23.7. The summed E-state index contributed by atoms with van der Waals surface area (Å²) < 4.78 is 9.78. The Morgan fingerprint density at radius 3 is 2.41 bits per heavy atom. The molecule has 32 heavy (non-hydrogen) atoms. The van der Waals surface area contributed by atoms with Crippen LogP contribution in [-0.4, -0.2) is 42.2 Å². The van der Waals surface area contributed by atoms with Crippen LogP contribution in [-0.2, 0) is 19.1 Å². The lowest BCUT2D eigenvalue weighted by Gasteiger charge is -2.09. The number of anilines is 2. The number of carbonyl (C=O) groups excluding carboxylic acids is 4. The fourth-order valence-corrected chi connectivity index (χ4v) is 2.56. The van der Waals surface area contributed by atoms with Gasteiger partial charge in [-0.15, -0.1) is 0 Å². The number of hydrogen-bond donors (Lipinski definition) is 2. The Hall–Kier alpha value is -4.28. The normalized spacial score (nSPS) is 10.1. The Morgan fingerprint density at radius 1 is 1.00 bits per heavy atom. The van der Waals surface area contributed by atoms with Crippen LogP contribution in [0.4, 0.5) is 17.1 Å². The van der Waals surface area contributed by atoms with Crippen molar-refractivity contribution < 1.29 is 33.6 Å². The molecule has 168 valence electrons. The predicted molar refractivity (Wildman–Crippen MR) is 114 cm³/mol. The number of nitrogens with zero attached hydrogens (tertiary/aromatic N) is 1. The average molecular weight is 443 g/mol. The summed E-state index contributed by atoms with van der Waals surface area (Å²) in [6.45, 7) is 0.717. The summed E-state index contributed by atoms with van der Waals surface area (Å²) in [4.78, 5) is 57.6. The van der Waals surface area contributed by atoms with E-state index < -0.39 is 29.3 Å². The minimum atomic E-state index is -0.798. The second kappa shape index (κ2) is 11.2. The van der Waals surface area contributed by atoms with Crippen LogP contribution in [0.2, 0.25) is 0 Å². The van der Waals surface area contributed by atoms with Crippen molar-refractivity contribution in [2.24, 2.45) is 0 Å². The fraction of sp³-hybridized carbons (Fsp3) is 0.238. The predicted octanol–water partition coefficient (Wildman–Crippen LogP) is 2.71. The fourth-order valence-electron chi connectivity index (χ4n) is 2.56. The molecule has 0 aliphatic carbocycles. The minimum absolute atomic E-state index is 0.109. The number of methoxy groups -OCH3 is 1. The highest BCUT2D eigenvalue weighted by atomic mass is 16.6. The minimum Gasteiger partial charge on any atom is -0.497 e. The summed E-state index contributed by atoms with van der Waals surface area (Å²) in [5.74, 6) is -1.92. The number of hydrogen-bond acceptors (Lipinski definition) is 8. The van der Waals surface area contributed by atoms with Crippen LogP contribution in [0.15, 0.2) is 42.5 Å². The van der Waals surface area contributed by atoms with Crippen molar-refractivity contribution in [3.8, 4) is 5.75 Å². The van der Waals surface area contributed by atoms with E-state index in [1.54, 1.807) is 18.2 Å². The molecule has 0 radical (unpaired) electrons. The molecule has 0 aliphatic rings. The molecular formula is C21H21N3O8. The molecule has 0 spiro atoms. The van der Waals surface area contributed by atoms with E-state index >= 15 is 0 Å². The third kappa shape index (κ3) is 7.20. The number of nitro groups is 1. The number of amides is 2. The lowest BCUT2D eigenvalue weighted by molar-refractivity contribution is -0.383. The van der Waals surface area contributed by atoms with E-state index in [0.717, 1.165) is 0 Å². The SMILES string of the molecule is COc1ccc([N+](=O)[O-])c(NC(=O)COC(=O)CCC(=O)Nc2cccc(C(C)=O)c2)c1. The Labute approximate surface area is 182 Å². The van der Waals surface area contributed by atoms with E-state index in [-0.39, 0.29) is 30.0 Å². The van der Waals surface area contributed by atoms with Crippen LogP contribution < -0.4 is 15.4 Å². The highest BCUT2D eigenvalue weighted by Crippen LogP contribution is 2.28. The molecule has 0 saturated carbocycles. The number of nitrogens with one attached hydrogen (secondary N) is 2. The Balaban J connectivity index is 1.81. The van der Waals surface area contributed by atoms with Crippen LogP contribution >= 0.6 is 0 Å². The van der Waals surface area contributed by atoms with Gasteiger partial charge in [0.05, 0.1) is 18.5 Å². The molecule has 2 aromatic carbocycles. The van der Waals surface area contributed by atoms with Crippen LogP contribution in [0.3, 0.4) is 0 Å². The highest BCUT2D eigenvalue weighted by molar-refractivity contribution is 5.98. The van der Waals surface area contributed by atoms with Crippen molar-refractivity contribution in [2.75, 3.05) is 24.4 Å². The number of carbonyl (C=O) groups is 4. The maximum Gasteiger partial charge on any atom is 0.306 e. The maximum atomic E-state index is 12.0. The van der Waals surface area contributed by atoms with E-state index in [4.69, 9.17) is 9.47 Å². The summed E-state index contributed by atoms with van der Waals surface area (Å²) in [6.07, 6.45) is -0.489. The molecular weight excluding hydrogens is 422 g/mol. The van der Waals surface area contributed by atoms with E-state index in [1.165, 1.54) is 38.3 Å². The van der Waals surface area contributed by atoms with Crippen molar-refractivity contribution in [1.82, 2.24) is 0 Å². The van der Waals surface area contributed by atoms with Gasteiger partial charge < -0.3 is 20.1 Å². The van der Waals surface area contributed by atoms with Gasteiger partial charge in [-0.1, -0.05) is 12.1 Å². The maximum absolute atomic E-state index is 12.0. The molecule has 0 atom stereocenters. The van der Waals surface area contributed by atoms with E-state index in [9.17, 15) is 29.3 Å². The lowest BCUT2D eigenvalue weighted by Crippen LogP contribution is -2.22. The second-order valence-electron chi connectivity index (χ2n) is 6.53. The van der Waals surface area contributed by atoms with Gasteiger partial charge in [-0.05, 0) is 25.1 Å². The molecule has 11 nitrogen and oxygen atoms in total. The van der Waals surface area contributed by atoms with Crippen molar-refractivity contribution >= 4 is 40.6 Å². The Bertz CT molecular complexity index is 1050. The smallest absolute Gasteiger partial charge is 0.306 e. The first-order valence-corrected chi connectivity index (χ1v) is 9.38. The third-order valence-corrected chi connectivity index (χ3v) is 4.15. The van der Waals surface area contributed by atoms with Crippen molar-refractivity contribution in [3.63, 3.8) is 0 Å². The van der Waals surface area contributed by atoms with Crippen LogP contribution in [0.25, 0.3) is 0 Å². The van der Waals surface area contributed by atoms with Crippen LogP contribution in [0.1, 0.15) is 30.1 Å². The highest BCUT2D eigenvalue weighted by Gasteiger charge is 2.18. The molecule has 0 saturated heterocycles. The number of benzene rings is 2. The number of ketones is 1. The molecule has 11 heteroatoms. The van der Waals surface area contributed by atoms with Gasteiger partial charge in [-0.2, -0.15) is 0 Å². The molecule has 2 amide bonds. The largest absolute Gasteiger partial charge is 0.497 e.